The topological polar surface area (TPSA) is 38.9 Å². The molecule has 0 amide bonds. The van der Waals surface area contributed by atoms with Crippen LogP contribution in [0.1, 0.15) is 5.56 Å². The molecule has 1 heterocycles. The number of nitrogen functional groups attached to an aromatic ring is 1. The van der Waals surface area contributed by atoms with Crippen molar-refractivity contribution < 1.29 is 0 Å². The summed E-state index contributed by atoms with van der Waals surface area (Å²) in [4.78, 5) is 4.16. The van der Waals surface area contributed by atoms with Crippen LogP contribution in [-0.4, -0.2) is 4.98 Å². The molecule has 0 fully saturated rings. The van der Waals surface area contributed by atoms with Crippen LogP contribution in [0.15, 0.2) is 43.1 Å². The fraction of sp³-hybridized carbons (Fsp3) is 0.0833. The van der Waals surface area contributed by atoms with Crippen molar-refractivity contribution >= 4 is 16.6 Å². The van der Waals surface area contributed by atoms with Crippen LogP contribution in [0.4, 0.5) is 5.82 Å². The molecule has 0 aliphatic heterocycles. The number of benzene rings is 1. The summed E-state index contributed by atoms with van der Waals surface area (Å²) >= 11 is 0. The van der Waals surface area contributed by atoms with Gasteiger partial charge in [0.15, 0.2) is 0 Å². The third-order valence-electron chi connectivity index (χ3n) is 2.29. The van der Waals surface area contributed by atoms with Gasteiger partial charge in [-0.05, 0) is 11.8 Å². The smallest absolute Gasteiger partial charge is 0.127 e. The van der Waals surface area contributed by atoms with Gasteiger partial charge in [-0.15, -0.1) is 6.58 Å². The lowest BCUT2D eigenvalue weighted by molar-refractivity contribution is 1.24. The average Bonchev–Trinajstić information content (AvgIpc) is 2.23. The van der Waals surface area contributed by atoms with Crippen LogP contribution in [0.25, 0.3) is 10.8 Å². The Kier molecular flexibility index (Phi) is 2.19. The minimum absolute atomic E-state index is 0.601. The molecule has 2 rings (SSSR count). The molecule has 0 bridgehead atoms. The molecule has 1 aromatic carbocycles. The van der Waals surface area contributed by atoms with Gasteiger partial charge in [0, 0.05) is 17.1 Å². The quantitative estimate of drug-likeness (QED) is 0.728. The van der Waals surface area contributed by atoms with Gasteiger partial charge >= 0.3 is 0 Å². The second-order valence-corrected chi connectivity index (χ2v) is 3.20. The summed E-state index contributed by atoms with van der Waals surface area (Å²) in [5.41, 5.74) is 6.88. The Morgan fingerprint density at radius 3 is 2.93 bits per heavy atom. The predicted molar refractivity (Wildman–Crippen MR) is 60.1 cm³/mol. The van der Waals surface area contributed by atoms with Gasteiger partial charge in [-0.3, -0.25) is 0 Å². The first-order valence-corrected chi connectivity index (χ1v) is 4.56. The summed E-state index contributed by atoms with van der Waals surface area (Å²) in [7, 11) is 0. The normalized spacial score (nSPS) is 10.3. The van der Waals surface area contributed by atoms with E-state index in [0.717, 1.165) is 17.4 Å². The fourth-order valence-electron chi connectivity index (χ4n) is 1.60. The number of nitrogens with zero attached hydrogens (tertiary/aromatic N) is 1. The number of allylic oxidation sites excluding steroid dienone is 1. The molecule has 0 radical (unpaired) electrons. The van der Waals surface area contributed by atoms with Crippen molar-refractivity contribution in [2.45, 2.75) is 6.42 Å². The van der Waals surface area contributed by atoms with E-state index in [1.165, 1.54) is 5.39 Å². The molecule has 0 aliphatic rings. The molecule has 0 saturated carbocycles. The highest BCUT2D eigenvalue weighted by molar-refractivity contribution is 5.87. The molecule has 1 aromatic heterocycles. The molecule has 70 valence electrons. The average molecular weight is 184 g/mol. The van der Waals surface area contributed by atoms with Crippen molar-refractivity contribution in [2.75, 3.05) is 5.73 Å². The Balaban J connectivity index is 2.75. The first kappa shape index (κ1) is 8.75. The van der Waals surface area contributed by atoms with Crippen LogP contribution in [0, 0.1) is 0 Å². The number of hydrogen-bond acceptors (Lipinski definition) is 2. The highest BCUT2D eigenvalue weighted by atomic mass is 14.8. The van der Waals surface area contributed by atoms with Crippen molar-refractivity contribution in [3.63, 3.8) is 0 Å². The maximum Gasteiger partial charge on any atom is 0.127 e. The molecule has 0 aliphatic carbocycles. The lowest BCUT2D eigenvalue weighted by atomic mass is 10.0. The zero-order chi connectivity index (χ0) is 9.97. The van der Waals surface area contributed by atoms with Gasteiger partial charge in [0.25, 0.3) is 0 Å². The second-order valence-electron chi connectivity index (χ2n) is 3.20. The van der Waals surface area contributed by atoms with Crippen molar-refractivity contribution in [2.24, 2.45) is 0 Å². The van der Waals surface area contributed by atoms with Crippen molar-refractivity contribution in [3.05, 3.63) is 48.7 Å². The summed E-state index contributed by atoms with van der Waals surface area (Å²) in [6, 6.07) is 8.10. The molecule has 2 aromatic rings. The van der Waals surface area contributed by atoms with Gasteiger partial charge in [-0.2, -0.15) is 0 Å². The van der Waals surface area contributed by atoms with E-state index in [1.54, 1.807) is 6.20 Å². The Morgan fingerprint density at radius 2 is 2.14 bits per heavy atom. The number of fused-ring (bicyclic) bond motifs is 1. The number of aromatic nitrogens is 1. The van der Waals surface area contributed by atoms with Crippen LogP contribution in [0.3, 0.4) is 0 Å². The van der Waals surface area contributed by atoms with Crippen molar-refractivity contribution in [1.29, 1.82) is 0 Å². The largest absolute Gasteiger partial charge is 0.383 e. The summed E-state index contributed by atoms with van der Waals surface area (Å²) in [5, 5.41) is 2.29. The van der Waals surface area contributed by atoms with Gasteiger partial charge < -0.3 is 5.73 Å². The molecular formula is C12H12N2. The first-order valence-electron chi connectivity index (χ1n) is 4.56. The standard InChI is InChI=1S/C12H12N2/c1-2-5-11-10-7-4-3-6-9(10)8-14-12(11)13/h2-4,6-8H,1,5H2,(H2,13,14). The Bertz CT molecular complexity index is 475. The molecule has 14 heavy (non-hydrogen) atoms. The first-order chi connectivity index (χ1) is 6.83. The highest BCUT2D eigenvalue weighted by Crippen LogP contribution is 2.22. The van der Waals surface area contributed by atoms with Gasteiger partial charge in [0.05, 0.1) is 0 Å². The third-order valence-corrected chi connectivity index (χ3v) is 2.29. The number of hydrogen-bond donors (Lipinski definition) is 1. The van der Waals surface area contributed by atoms with E-state index >= 15 is 0 Å². The van der Waals surface area contributed by atoms with Crippen LogP contribution < -0.4 is 5.73 Å². The van der Waals surface area contributed by atoms with E-state index in [0.29, 0.717) is 5.82 Å². The summed E-state index contributed by atoms with van der Waals surface area (Å²) in [6.45, 7) is 3.72. The lowest BCUT2D eigenvalue weighted by Crippen LogP contribution is -1.97. The monoisotopic (exact) mass is 184 g/mol. The SMILES string of the molecule is C=CCc1c(N)ncc2ccccc12. The van der Waals surface area contributed by atoms with Crippen LogP contribution >= 0.6 is 0 Å². The minimum Gasteiger partial charge on any atom is -0.383 e. The van der Waals surface area contributed by atoms with E-state index in [9.17, 15) is 0 Å². The van der Waals surface area contributed by atoms with Gasteiger partial charge in [0.2, 0.25) is 0 Å². The maximum absolute atomic E-state index is 5.81. The maximum atomic E-state index is 5.81. The molecule has 2 nitrogen and oxygen atoms in total. The number of rotatable bonds is 2. The zero-order valence-electron chi connectivity index (χ0n) is 7.90. The third kappa shape index (κ3) is 1.35. The highest BCUT2D eigenvalue weighted by Gasteiger charge is 2.03. The molecule has 2 heteroatoms. The molecule has 0 unspecified atom stereocenters. The van der Waals surface area contributed by atoms with E-state index < -0.39 is 0 Å². The molecule has 0 spiro atoms. The number of pyridine rings is 1. The second kappa shape index (κ2) is 3.50. The lowest BCUT2D eigenvalue weighted by Gasteiger charge is -2.06. The van der Waals surface area contributed by atoms with Crippen LogP contribution in [-0.2, 0) is 6.42 Å². The van der Waals surface area contributed by atoms with Crippen molar-refractivity contribution in [3.8, 4) is 0 Å². The summed E-state index contributed by atoms with van der Waals surface area (Å²) in [5.74, 6) is 0.601. The van der Waals surface area contributed by atoms with Crippen LogP contribution in [0.2, 0.25) is 0 Å². The van der Waals surface area contributed by atoms with Gasteiger partial charge in [0.1, 0.15) is 5.82 Å². The fourth-order valence-corrected chi connectivity index (χ4v) is 1.60. The van der Waals surface area contributed by atoms with E-state index in [2.05, 4.69) is 17.6 Å². The Labute approximate surface area is 83.1 Å². The minimum atomic E-state index is 0.601. The zero-order valence-corrected chi connectivity index (χ0v) is 7.90. The summed E-state index contributed by atoms with van der Waals surface area (Å²) in [6.07, 6.45) is 4.41. The van der Waals surface area contributed by atoms with E-state index in [4.69, 9.17) is 5.73 Å². The van der Waals surface area contributed by atoms with Crippen LogP contribution in [0.5, 0.6) is 0 Å². The number of anilines is 1. The summed E-state index contributed by atoms with van der Waals surface area (Å²) < 4.78 is 0. The molecule has 2 N–H and O–H groups in total. The predicted octanol–water partition coefficient (Wildman–Crippen LogP) is 2.55. The van der Waals surface area contributed by atoms with E-state index in [-0.39, 0.29) is 0 Å². The molecule has 0 saturated heterocycles. The van der Waals surface area contributed by atoms with Gasteiger partial charge in [-0.25, -0.2) is 4.98 Å². The van der Waals surface area contributed by atoms with Gasteiger partial charge in [-0.1, -0.05) is 30.3 Å². The van der Waals surface area contributed by atoms with Crippen molar-refractivity contribution in [1.82, 2.24) is 4.98 Å². The number of nitrogens with two attached hydrogens (primary N) is 1. The van der Waals surface area contributed by atoms with E-state index in [1.807, 2.05) is 24.3 Å². The Hall–Kier alpha value is -1.83. The molecule has 0 atom stereocenters. The molecular weight excluding hydrogens is 172 g/mol. The Morgan fingerprint density at radius 1 is 1.36 bits per heavy atom.